The van der Waals surface area contributed by atoms with Crippen molar-refractivity contribution in [1.29, 1.82) is 5.26 Å². The maximum absolute atomic E-state index is 9.04. The number of anilines is 1. The van der Waals surface area contributed by atoms with Crippen LogP contribution in [0.1, 0.15) is 11.4 Å². The molecule has 3 aromatic rings. The van der Waals surface area contributed by atoms with E-state index in [2.05, 4.69) is 26.9 Å². The molecule has 0 bridgehead atoms. The SMILES string of the molecule is N#Cc1ccccc1N/C=C/c1nnnn1-c1ccccc1. The molecule has 0 saturated heterocycles. The maximum Gasteiger partial charge on any atom is 0.181 e. The van der Waals surface area contributed by atoms with Gasteiger partial charge in [0.15, 0.2) is 5.82 Å². The lowest BCUT2D eigenvalue weighted by atomic mass is 10.2. The van der Waals surface area contributed by atoms with Gasteiger partial charge in [0.2, 0.25) is 0 Å². The quantitative estimate of drug-likeness (QED) is 0.798. The summed E-state index contributed by atoms with van der Waals surface area (Å²) in [7, 11) is 0. The summed E-state index contributed by atoms with van der Waals surface area (Å²) in [5, 5.41) is 23.7. The molecule has 0 atom stereocenters. The van der Waals surface area contributed by atoms with Crippen molar-refractivity contribution >= 4 is 11.8 Å². The first kappa shape index (κ1) is 13.5. The molecule has 0 fully saturated rings. The number of para-hydroxylation sites is 2. The standard InChI is InChI=1S/C16H12N6/c17-12-13-6-4-5-9-15(13)18-11-10-16-19-20-21-22(16)14-7-2-1-3-8-14/h1-11,18H/b11-10+. The highest BCUT2D eigenvalue weighted by molar-refractivity contribution is 5.60. The highest BCUT2D eigenvalue weighted by Gasteiger charge is 2.04. The number of nitriles is 1. The number of nitrogens with zero attached hydrogens (tertiary/aromatic N) is 5. The molecule has 2 aromatic carbocycles. The average Bonchev–Trinajstić information content (AvgIpc) is 3.04. The van der Waals surface area contributed by atoms with Gasteiger partial charge < -0.3 is 5.32 Å². The highest BCUT2D eigenvalue weighted by atomic mass is 15.5. The molecule has 1 aromatic heterocycles. The van der Waals surface area contributed by atoms with Gasteiger partial charge in [-0.1, -0.05) is 30.3 Å². The Hall–Kier alpha value is -3.46. The van der Waals surface area contributed by atoms with Crippen LogP contribution in [0.15, 0.2) is 60.8 Å². The van der Waals surface area contributed by atoms with Crippen molar-refractivity contribution in [1.82, 2.24) is 20.2 Å². The molecule has 0 radical (unpaired) electrons. The minimum atomic E-state index is 0.579. The largest absolute Gasteiger partial charge is 0.360 e. The molecule has 22 heavy (non-hydrogen) atoms. The van der Waals surface area contributed by atoms with Crippen LogP contribution in [0.25, 0.3) is 11.8 Å². The Labute approximate surface area is 127 Å². The molecule has 1 heterocycles. The van der Waals surface area contributed by atoms with Crippen LogP contribution >= 0.6 is 0 Å². The monoisotopic (exact) mass is 288 g/mol. The Bertz CT molecular complexity index is 829. The van der Waals surface area contributed by atoms with E-state index < -0.39 is 0 Å². The van der Waals surface area contributed by atoms with Gasteiger partial charge >= 0.3 is 0 Å². The second-order valence-electron chi connectivity index (χ2n) is 4.42. The third kappa shape index (κ3) is 2.83. The molecule has 0 unspecified atom stereocenters. The van der Waals surface area contributed by atoms with Crippen molar-refractivity contribution in [2.75, 3.05) is 5.32 Å². The molecule has 0 saturated carbocycles. The molecule has 1 N–H and O–H groups in total. The van der Waals surface area contributed by atoms with Gasteiger partial charge in [-0.2, -0.15) is 9.94 Å². The minimum Gasteiger partial charge on any atom is -0.360 e. The second kappa shape index (κ2) is 6.33. The van der Waals surface area contributed by atoms with Crippen LogP contribution < -0.4 is 5.32 Å². The molecular weight excluding hydrogens is 276 g/mol. The van der Waals surface area contributed by atoms with E-state index in [1.807, 2.05) is 48.5 Å². The molecular formula is C16H12N6. The predicted molar refractivity (Wildman–Crippen MR) is 83.0 cm³/mol. The van der Waals surface area contributed by atoms with Gasteiger partial charge in [-0.3, -0.25) is 0 Å². The smallest absolute Gasteiger partial charge is 0.181 e. The van der Waals surface area contributed by atoms with E-state index in [1.54, 1.807) is 23.0 Å². The van der Waals surface area contributed by atoms with Gasteiger partial charge in [-0.05, 0) is 34.7 Å². The van der Waals surface area contributed by atoms with Crippen molar-refractivity contribution in [3.8, 4) is 11.8 Å². The maximum atomic E-state index is 9.04. The number of hydrogen-bond acceptors (Lipinski definition) is 5. The molecule has 0 aliphatic carbocycles. The summed E-state index contributed by atoms with van der Waals surface area (Å²) in [5.74, 6) is 0.591. The zero-order valence-electron chi connectivity index (χ0n) is 11.6. The lowest BCUT2D eigenvalue weighted by Crippen LogP contribution is -1.99. The fourth-order valence-electron chi connectivity index (χ4n) is 1.96. The first-order chi connectivity index (χ1) is 10.9. The Morgan fingerprint density at radius 2 is 1.82 bits per heavy atom. The van der Waals surface area contributed by atoms with Gasteiger partial charge in [-0.15, -0.1) is 5.10 Å². The summed E-state index contributed by atoms with van der Waals surface area (Å²) in [6.07, 6.45) is 3.46. The number of nitrogens with one attached hydrogen (secondary N) is 1. The summed E-state index contributed by atoms with van der Waals surface area (Å²) >= 11 is 0. The van der Waals surface area contributed by atoms with Gasteiger partial charge in [0.1, 0.15) is 6.07 Å². The fourth-order valence-corrected chi connectivity index (χ4v) is 1.96. The van der Waals surface area contributed by atoms with E-state index in [0.717, 1.165) is 11.4 Å². The molecule has 6 heteroatoms. The predicted octanol–water partition coefficient (Wildman–Crippen LogP) is 2.62. The molecule has 0 spiro atoms. The van der Waals surface area contributed by atoms with Crippen molar-refractivity contribution in [2.45, 2.75) is 0 Å². The number of rotatable bonds is 4. The summed E-state index contributed by atoms with van der Waals surface area (Å²) in [5.41, 5.74) is 2.19. The van der Waals surface area contributed by atoms with E-state index in [4.69, 9.17) is 5.26 Å². The first-order valence-electron chi connectivity index (χ1n) is 6.64. The molecule has 0 amide bonds. The fraction of sp³-hybridized carbons (Fsp3) is 0. The van der Waals surface area contributed by atoms with Crippen molar-refractivity contribution in [2.24, 2.45) is 0 Å². The minimum absolute atomic E-state index is 0.579. The first-order valence-corrected chi connectivity index (χ1v) is 6.64. The molecule has 3 rings (SSSR count). The number of tetrazole rings is 1. The highest BCUT2D eigenvalue weighted by Crippen LogP contribution is 2.14. The van der Waals surface area contributed by atoms with Crippen molar-refractivity contribution in [3.05, 3.63) is 72.2 Å². The van der Waals surface area contributed by atoms with Crippen LogP contribution in [0, 0.1) is 11.3 Å². The number of benzene rings is 2. The summed E-state index contributed by atoms with van der Waals surface area (Å²) in [6, 6.07) is 19.0. The number of hydrogen-bond donors (Lipinski definition) is 1. The summed E-state index contributed by atoms with van der Waals surface area (Å²) < 4.78 is 1.63. The van der Waals surface area contributed by atoms with Crippen LogP contribution in [-0.4, -0.2) is 20.2 Å². The van der Waals surface area contributed by atoms with Crippen LogP contribution in [0.2, 0.25) is 0 Å². The van der Waals surface area contributed by atoms with Crippen LogP contribution in [0.5, 0.6) is 0 Å². The summed E-state index contributed by atoms with van der Waals surface area (Å²) in [6.45, 7) is 0. The Kier molecular flexibility index (Phi) is 3.89. The van der Waals surface area contributed by atoms with Crippen LogP contribution in [0.3, 0.4) is 0 Å². The van der Waals surface area contributed by atoms with Crippen molar-refractivity contribution < 1.29 is 0 Å². The molecule has 0 aliphatic heterocycles. The summed E-state index contributed by atoms with van der Waals surface area (Å²) in [4.78, 5) is 0. The Balaban J connectivity index is 1.80. The van der Waals surface area contributed by atoms with E-state index in [9.17, 15) is 0 Å². The van der Waals surface area contributed by atoms with E-state index in [-0.39, 0.29) is 0 Å². The van der Waals surface area contributed by atoms with Gasteiger partial charge in [0.25, 0.3) is 0 Å². The third-order valence-electron chi connectivity index (χ3n) is 3.01. The topological polar surface area (TPSA) is 79.4 Å². The van der Waals surface area contributed by atoms with Gasteiger partial charge in [-0.25, -0.2) is 0 Å². The van der Waals surface area contributed by atoms with E-state index >= 15 is 0 Å². The van der Waals surface area contributed by atoms with Gasteiger partial charge in [0, 0.05) is 12.3 Å². The Morgan fingerprint density at radius 1 is 1.05 bits per heavy atom. The van der Waals surface area contributed by atoms with Crippen LogP contribution in [0.4, 0.5) is 5.69 Å². The Morgan fingerprint density at radius 3 is 2.64 bits per heavy atom. The average molecular weight is 288 g/mol. The van der Waals surface area contributed by atoms with Crippen LogP contribution in [-0.2, 0) is 0 Å². The van der Waals surface area contributed by atoms with Gasteiger partial charge in [0.05, 0.1) is 16.9 Å². The van der Waals surface area contributed by atoms with E-state index in [1.165, 1.54) is 0 Å². The van der Waals surface area contributed by atoms with Crippen molar-refractivity contribution in [3.63, 3.8) is 0 Å². The zero-order valence-corrected chi connectivity index (χ0v) is 11.6. The second-order valence-corrected chi connectivity index (χ2v) is 4.42. The van der Waals surface area contributed by atoms with E-state index in [0.29, 0.717) is 11.4 Å². The normalized spacial score (nSPS) is 10.5. The molecule has 0 aliphatic rings. The third-order valence-corrected chi connectivity index (χ3v) is 3.01. The zero-order chi connectivity index (χ0) is 15.2. The lowest BCUT2D eigenvalue weighted by molar-refractivity contribution is 0.787. The molecule has 6 nitrogen and oxygen atoms in total. The number of aromatic nitrogens is 4. The molecule has 106 valence electrons. The lowest BCUT2D eigenvalue weighted by Gasteiger charge is -2.03.